The highest BCUT2D eigenvalue weighted by Crippen LogP contribution is 2.15. The Labute approximate surface area is 124 Å². The standard InChI is InChI=1S/C15H22FN5/c1-15(2,3)20-10-12-4-5-18-14(13(12)16)19-7-9-21-8-6-17-11-21/h4-6,8,11,20H,7,9-10H2,1-3H3,(H,18,19). The summed E-state index contributed by atoms with van der Waals surface area (Å²) in [5.74, 6) is 0.00297. The minimum Gasteiger partial charge on any atom is -0.366 e. The fourth-order valence-electron chi connectivity index (χ4n) is 1.83. The van der Waals surface area contributed by atoms with Crippen molar-refractivity contribution in [3.05, 3.63) is 42.4 Å². The maximum atomic E-state index is 14.3. The molecule has 0 aliphatic rings. The molecule has 6 heteroatoms. The summed E-state index contributed by atoms with van der Waals surface area (Å²) in [6.45, 7) is 7.94. The predicted molar refractivity (Wildman–Crippen MR) is 81.5 cm³/mol. The number of hydrogen-bond acceptors (Lipinski definition) is 4. The first-order valence-corrected chi connectivity index (χ1v) is 7.04. The molecule has 0 spiro atoms. The molecular weight excluding hydrogens is 269 g/mol. The molecule has 2 aromatic rings. The van der Waals surface area contributed by atoms with Crippen molar-refractivity contribution in [3.63, 3.8) is 0 Å². The lowest BCUT2D eigenvalue weighted by atomic mass is 10.1. The fraction of sp³-hybridized carbons (Fsp3) is 0.467. The molecule has 0 aliphatic heterocycles. The number of pyridine rings is 1. The maximum absolute atomic E-state index is 14.3. The zero-order valence-corrected chi connectivity index (χ0v) is 12.7. The number of hydrogen-bond donors (Lipinski definition) is 2. The van der Waals surface area contributed by atoms with E-state index >= 15 is 0 Å². The van der Waals surface area contributed by atoms with Gasteiger partial charge in [-0.2, -0.15) is 0 Å². The van der Waals surface area contributed by atoms with E-state index in [1.54, 1.807) is 24.8 Å². The van der Waals surface area contributed by atoms with E-state index < -0.39 is 0 Å². The van der Waals surface area contributed by atoms with Gasteiger partial charge in [0.15, 0.2) is 11.6 Å². The maximum Gasteiger partial charge on any atom is 0.169 e. The minimum atomic E-state index is -0.292. The van der Waals surface area contributed by atoms with Crippen molar-refractivity contribution in [2.45, 2.75) is 39.4 Å². The third kappa shape index (κ3) is 4.82. The molecule has 2 N–H and O–H groups in total. The van der Waals surface area contributed by atoms with Crippen LogP contribution in [0.2, 0.25) is 0 Å². The van der Waals surface area contributed by atoms with Gasteiger partial charge in [-0.25, -0.2) is 14.4 Å². The summed E-state index contributed by atoms with van der Waals surface area (Å²) >= 11 is 0. The number of rotatable bonds is 6. The monoisotopic (exact) mass is 291 g/mol. The molecule has 0 aromatic carbocycles. The molecule has 0 saturated carbocycles. The summed E-state index contributed by atoms with van der Waals surface area (Å²) in [5.41, 5.74) is 0.565. The van der Waals surface area contributed by atoms with Gasteiger partial charge in [-0.15, -0.1) is 0 Å². The predicted octanol–water partition coefficient (Wildman–Crippen LogP) is 2.42. The Morgan fingerprint density at radius 3 is 2.76 bits per heavy atom. The van der Waals surface area contributed by atoms with Crippen LogP contribution in [0.4, 0.5) is 10.2 Å². The van der Waals surface area contributed by atoms with Gasteiger partial charge in [-0.3, -0.25) is 0 Å². The van der Waals surface area contributed by atoms with Gasteiger partial charge in [-0.05, 0) is 26.8 Å². The Morgan fingerprint density at radius 2 is 2.10 bits per heavy atom. The van der Waals surface area contributed by atoms with Gasteiger partial charge < -0.3 is 15.2 Å². The number of nitrogens with zero attached hydrogens (tertiary/aromatic N) is 3. The number of halogens is 1. The first-order valence-electron chi connectivity index (χ1n) is 7.04. The molecule has 0 bridgehead atoms. The number of nitrogens with one attached hydrogen (secondary N) is 2. The Hall–Kier alpha value is -1.95. The molecule has 0 radical (unpaired) electrons. The van der Waals surface area contributed by atoms with Gasteiger partial charge in [0, 0.05) is 49.3 Å². The highest BCUT2D eigenvalue weighted by atomic mass is 19.1. The zero-order chi connectivity index (χ0) is 15.3. The summed E-state index contributed by atoms with van der Waals surface area (Å²) in [5, 5.41) is 6.30. The summed E-state index contributed by atoms with van der Waals surface area (Å²) < 4.78 is 16.3. The summed E-state index contributed by atoms with van der Waals surface area (Å²) in [4.78, 5) is 8.03. The molecule has 2 aromatic heterocycles. The molecular formula is C15H22FN5. The first kappa shape index (κ1) is 15.4. The Balaban J connectivity index is 1.93. The molecule has 0 saturated heterocycles. The zero-order valence-electron chi connectivity index (χ0n) is 12.7. The van der Waals surface area contributed by atoms with Crippen LogP contribution in [0.5, 0.6) is 0 Å². The molecule has 2 heterocycles. The van der Waals surface area contributed by atoms with Crippen LogP contribution >= 0.6 is 0 Å². The van der Waals surface area contributed by atoms with E-state index in [0.29, 0.717) is 31.0 Å². The topological polar surface area (TPSA) is 54.8 Å². The van der Waals surface area contributed by atoms with Crippen LogP contribution in [0.1, 0.15) is 26.3 Å². The lowest BCUT2D eigenvalue weighted by Gasteiger charge is -2.21. The third-order valence-corrected chi connectivity index (χ3v) is 3.00. The van der Waals surface area contributed by atoms with Crippen LogP contribution < -0.4 is 10.6 Å². The van der Waals surface area contributed by atoms with Crippen LogP contribution in [0.25, 0.3) is 0 Å². The van der Waals surface area contributed by atoms with E-state index in [-0.39, 0.29) is 11.4 Å². The normalized spacial score (nSPS) is 11.6. The van der Waals surface area contributed by atoms with Gasteiger partial charge in [0.2, 0.25) is 0 Å². The molecule has 2 rings (SSSR count). The van der Waals surface area contributed by atoms with E-state index in [2.05, 4.69) is 41.4 Å². The van der Waals surface area contributed by atoms with Crippen LogP contribution in [-0.2, 0) is 13.1 Å². The quantitative estimate of drug-likeness (QED) is 0.858. The summed E-state index contributed by atoms with van der Waals surface area (Å²) in [6, 6.07) is 1.70. The van der Waals surface area contributed by atoms with Crippen LogP contribution in [-0.4, -0.2) is 26.6 Å². The molecule has 0 unspecified atom stereocenters. The van der Waals surface area contributed by atoms with Crippen molar-refractivity contribution in [3.8, 4) is 0 Å². The molecule has 114 valence electrons. The lowest BCUT2D eigenvalue weighted by molar-refractivity contribution is 0.418. The molecule has 0 aliphatic carbocycles. The van der Waals surface area contributed by atoms with Crippen LogP contribution in [0.15, 0.2) is 31.0 Å². The molecule has 5 nitrogen and oxygen atoms in total. The van der Waals surface area contributed by atoms with Crippen LogP contribution in [0, 0.1) is 5.82 Å². The van der Waals surface area contributed by atoms with E-state index in [4.69, 9.17) is 0 Å². The van der Waals surface area contributed by atoms with Gasteiger partial charge in [-0.1, -0.05) is 0 Å². The highest BCUT2D eigenvalue weighted by Gasteiger charge is 2.13. The van der Waals surface area contributed by atoms with Gasteiger partial charge in [0.05, 0.1) is 6.33 Å². The van der Waals surface area contributed by atoms with Gasteiger partial charge in [0.25, 0.3) is 0 Å². The van der Waals surface area contributed by atoms with Crippen LogP contribution in [0.3, 0.4) is 0 Å². The second kappa shape index (κ2) is 6.67. The third-order valence-electron chi connectivity index (χ3n) is 3.00. The fourth-order valence-corrected chi connectivity index (χ4v) is 1.83. The Morgan fingerprint density at radius 1 is 1.29 bits per heavy atom. The smallest absolute Gasteiger partial charge is 0.169 e. The SMILES string of the molecule is CC(C)(C)NCc1ccnc(NCCn2ccnc2)c1F. The number of anilines is 1. The minimum absolute atomic E-state index is 0.0509. The number of aromatic nitrogens is 3. The van der Waals surface area contributed by atoms with Crippen molar-refractivity contribution in [2.24, 2.45) is 0 Å². The van der Waals surface area contributed by atoms with Crippen molar-refractivity contribution >= 4 is 5.82 Å². The van der Waals surface area contributed by atoms with Gasteiger partial charge in [0.1, 0.15) is 0 Å². The second-order valence-electron chi connectivity index (χ2n) is 5.96. The Kier molecular flexibility index (Phi) is 4.90. The molecule has 0 amide bonds. The first-order chi connectivity index (χ1) is 9.96. The van der Waals surface area contributed by atoms with E-state index in [1.165, 1.54) is 0 Å². The van der Waals surface area contributed by atoms with Crippen molar-refractivity contribution < 1.29 is 4.39 Å². The number of imidazole rings is 1. The van der Waals surface area contributed by atoms with E-state index in [9.17, 15) is 4.39 Å². The molecule has 0 atom stereocenters. The second-order valence-corrected chi connectivity index (χ2v) is 5.96. The summed E-state index contributed by atoms with van der Waals surface area (Å²) in [6.07, 6.45) is 6.95. The average molecular weight is 291 g/mol. The molecule has 21 heavy (non-hydrogen) atoms. The molecule has 0 fully saturated rings. The average Bonchev–Trinajstić information content (AvgIpc) is 2.91. The summed E-state index contributed by atoms with van der Waals surface area (Å²) in [7, 11) is 0. The van der Waals surface area contributed by atoms with Crippen molar-refractivity contribution in [1.82, 2.24) is 19.9 Å². The van der Waals surface area contributed by atoms with E-state index in [0.717, 1.165) is 0 Å². The van der Waals surface area contributed by atoms with Crippen molar-refractivity contribution in [2.75, 3.05) is 11.9 Å². The largest absolute Gasteiger partial charge is 0.366 e. The lowest BCUT2D eigenvalue weighted by Crippen LogP contribution is -2.35. The van der Waals surface area contributed by atoms with E-state index in [1.807, 2.05) is 10.8 Å². The van der Waals surface area contributed by atoms with Crippen molar-refractivity contribution in [1.29, 1.82) is 0 Å². The Bertz CT molecular complexity index is 560. The van der Waals surface area contributed by atoms with Gasteiger partial charge >= 0.3 is 0 Å². The highest BCUT2D eigenvalue weighted by molar-refractivity contribution is 5.39.